The Kier molecular flexibility index (Phi) is 3.98. The van der Waals surface area contributed by atoms with Crippen LogP contribution in [0.4, 0.5) is 5.13 Å². The van der Waals surface area contributed by atoms with Crippen LogP contribution in [0.25, 0.3) is 10.2 Å². The van der Waals surface area contributed by atoms with E-state index in [0.717, 1.165) is 21.1 Å². The van der Waals surface area contributed by atoms with Crippen LogP contribution >= 0.6 is 11.3 Å². The van der Waals surface area contributed by atoms with Crippen LogP contribution < -0.4 is 4.90 Å². The SMILES string of the molecule is CCC(=O)N(Cc1ccco1)c1nc2c(C)c(C)ccc2s1. The second kappa shape index (κ2) is 5.93. The molecule has 0 atom stereocenters. The first-order valence-electron chi connectivity index (χ1n) is 7.29. The van der Waals surface area contributed by atoms with E-state index in [1.807, 2.05) is 19.1 Å². The van der Waals surface area contributed by atoms with E-state index in [-0.39, 0.29) is 5.91 Å². The lowest BCUT2D eigenvalue weighted by atomic mass is 10.1. The van der Waals surface area contributed by atoms with Crippen molar-refractivity contribution in [1.82, 2.24) is 4.98 Å². The number of hydrogen-bond donors (Lipinski definition) is 0. The molecule has 0 unspecified atom stereocenters. The van der Waals surface area contributed by atoms with E-state index in [0.29, 0.717) is 13.0 Å². The van der Waals surface area contributed by atoms with Gasteiger partial charge in [-0.25, -0.2) is 4.98 Å². The summed E-state index contributed by atoms with van der Waals surface area (Å²) in [6.07, 6.45) is 2.06. The van der Waals surface area contributed by atoms with Gasteiger partial charge in [0, 0.05) is 6.42 Å². The van der Waals surface area contributed by atoms with Crippen LogP contribution in [0.3, 0.4) is 0 Å². The number of rotatable bonds is 4. The molecule has 0 aliphatic carbocycles. The molecule has 0 bridgehead atoms. The molecule has 3 aromatic rings. The van der Waals surface area contributed by atoms with Gasteiger partial charge in [0.05, 0.1) is 23.0 Å². The van der Waals surface area contributed by atoms with Crippen molar-refractivity contribution in [3.63, 3.8) is 0 Å². The predicted octanol–water partition coefficient (Wildman–Crippen LogP) is 4.45. The molecule has 0 radical (unpaired) electrons. The summed E-state index contributed by atoms with van der Waals surface area (Å²) in [5.41, 5.74) is 3.36. The van der Waals surface area contributed by atoms with E-state index >= 15 is 0 Å². The summed E-state index contributed by atoms with van der Waals surface area (Å²) in [5, 5.41) is 0.729. The minimum Gasteiger partial charge on any atom is -0.467 e. The third-order valence-corrected chi connectivity index (χ3v) is 4.85. The average molecular weight is 314 g/mol. The Morgan fingerprint density at radius 3 is 2.82 bits per heavy atom. The molecular formula is C17H18N2O2S. The molecule has 0 fully saturated rings. The molecule has 1 amide bonds. The van der Waals surface area contributed by atoms with Crippen LogP contribution in [0.5, 0.6) is 0 Å². The molecule has 1 aromatic carbocycles. The van der Waals surface area contributed by atoms with Gasteiger partial charge in [-0.05, 0) is 43.2 Å². The third kappa shape index (κ3) is 2.64. The molecule has 114 valence electrons. The van der Waals surface area contributed by atoms with Gasteiger partial charge in [0.1, 0.15) is 5.76 Å². The minimum atomic E-state index is 0.0461. The van der Waals surface area contributed by atoms with Crippen LogP contribution in [0.15, 0.2) is 34.9 Å². The van der Waals surface area contributed by atoms with Gasteiger partial charge in [-0.3, -0.25) is 9.69 Å². The summed E-state index contributed by atoms with van der Waals surface area (Å²) in [7, 11) is 0. The van der Waals surface area contributed by atoms with Gasteiger partial charge >= 0.3 is 0 Å². The normalized spacial score (nSPS) is 11.0. The number of carbonyl (C=O) groups excluding carboxylic acids is 1. The number of amides is 1. The Labute approximate surface area is 133 Å². The maximum atomic E-state index is 12.3. The Morgan fingerprint density at radius 1 is 1.32 bits per heavy atom. The molecular weight excluding hydrogens is 296 g/mol. The van der Waals surface area contributed by atoms with Gasteiger partial charge in [0.15, 0.2) is 5.13 Å². The largest absolute Gasteiger partial charge is 0.467 e. The molecule has 2 aromatic heterocycles. The number of anilines is 1. The zero-order valence-corrected chi connectivity index (χ0v) is 13.7. The number of furan rings is 1. The van der Waals surface area contributed by atoms with E-state index in [4.69, 9.17) is 9.40 Å². The predicted molar refractivity (Wildman–Crippen MR) is 89.3 cm³/mol. The molecule has 4 nitrogen and oxygen atoms in total. The van der Waals surface area contributed by atoms with E-state index in [1.165, 1.54) is 11.1 Å². The third-order valence-electron chi connectivity index (χ3n) is 3.80. The maximum absolute atomic E-state index is 12.3. The molecule has 0 aliphatic rings. The lowest BCUT2D eigenvalue weighted by Gasteiger charge is -2.17. The molecule has 0 N–H and O–H groups in total. The summed E-state index contributed by atoms with van der Waals surface area (Å²) in [6.45, 7) is 6.42. The second-order valence-electron chi connectivity index (χ2n) is 5.26. The van der Waals surface area contributed by atoms with E-state index in [9.17, 15) is 4.79 Å². The first-order valence-corrected chi connectivity index (χ1v) is 8.11. The van der Waals surface area contributed by atoms with Gasteiger partial charge < -0.3 is 4.42 Å². The summed E-state index contributed by atoms with van der Waals surface area (Å²) in [4.78, 5) is 18.7. The quantitative estimate of drug-likeness (QED) is 0.714. The zero-order chi connectivity index (χ0) is 15.7. The van der Waals surface area contributed by atoms with Crippen molar-refractivity contribution in [2.75, 3.05) is 4.90 Å². The number of nitrogens with zero attached hydrogens (tertiary/aromatic N) is 2. The van der Waals surface area contributed by atoms with Gasteiger partial charge in [-0.15, -0.1) is 0 Å². The van der Waals surface area contributed by atoms with Crippen LogP contribution in [0.2, 0.25) is 0 Å². The number of hydrogen-bond acceptors (Lipinski definition) is 4. The number of carbonyl (C=O) groups is 1. The Bertz CT molecular complexity index is 806. The molecule has 2 heterocycles. The fourth-order valence-corrected chi connectivity index (χ4v) is 3.38. The minimum absolute atomic E-state index is 0.0461. The highest BCUT2D eigenvalue weighted by atomic mass is 32.1. The number of thiazole rings is 1. The number of fused-ring (bicyclic) bond motifs is 1. The van der Waals surface area contributed by atoms with E-state index in [1.54, 1.807) is 22.5 Å². The fraction of sp³-hybridized carbons (Fsp3) is 0.294. The summed E-state index contributed by atoms with van der Waals surface area (Å²) in [5.74, 6) is 0.804. The Morgan fingerprint density at radius 2 is 2.14 bits per heavy atom. The molecule has 5 heteroatoms. The summed E-state index contributed by atoms with van der Waals surface area (Å²) in [6, 6.07) is 7.87. The number of aryl methyl sites for hydroxylation is 2. The monoisotopic (exact) mass is 314 g/mol. The van der Waals surface area contributed by atoms with Crippen LogP contribution in [0, 0.1) is 13.8 Å². The average Bonchev–Trinajstić information content (AvgIpc) is 3.17. The van der Waals surface area contributed by atoms with Gasteiger partial charge in [-0.2, -0.15) is 0 Å². The highest BCUT2D eigenvalue weighted by molar-refractivity contribution is 7.22. The topological polar surface area (TPSA) is 46.3 Å². The Hall–Kier alpha value is -2.14. The van der Waals surface area contributed by atoms with Crippen molar-refractivity contribution < 1.29 is 9.21 Å². The van der Waals surface area contributed by atoms with Crippen molar-refractivity contribution in [3.8, 4) is 0 Å². The standard InChI is InChI=1S/C17H18N2O2S/c1-4-15(20)19(10-13-6-5-9-21-13)17-18-16-12(3)11(2)7-8-14(16)22-17/h5-9H,4,10H2,1-3H3. The van der Waals surface area contributed by atoms with Crippen molar-refractivity contribution in [2.24, 2.45) is 0 Å². The maximum Gasteiger partial charge on any atom is 0.228 e. The molecule has 0 aliphatic heterocycles. The van der Waals surface area contributed by atoms with Gasteiger partial charge in [-0.1, -0.05) is 24.3 Å². The highest BCUT2D eigenvalue weighted by Crippen LogP contribution is 2.33. The van der Waals surface area contributed by atoms with Crippen molar-refractivity contribution in [2.45, 2.75) is 33.7 Å². The Balaban J connectivity index is 2.04. The molecule has 0 saturated carbocycles. The van der Waals surface area contributed by atoms with Crippen LogP contribution in [0.1, 0.15) is 30.2 Å². The van der Waals surface area contributed by atoms with Crippen LogP contribution in [-0.2, 0) is 11.3 Å². The lowest BCUT2D eigenvalue weighted by molar-refractivity contribution is -0.118. The summed E-state index contributed by atoms with van der Waals surface area (Å²) < 4.78 is 6.48. The zero-order valence-electron chi connectivity index (χ0n) is 12.9. The smallest absolute Gasteiger partial charge is 0.228 e. The first-order chi connectivity index (χ1) is 10.6. The van der Waals surface area contributed by atoms with E-state index in [2.05, 4.69) is 26.0 Å². The fourth-order valence-electron chi connectivity index (χ4n) is 2.34. The van der Waals surface area contributed by atoms with Gasteiger partial charge in [0.25, 0.3) is 0 Å². The molecule has 0 spiro atoms. The van der Waals surface area contributed by atoms with Crippen LogP contribution in [-0.4, -0.2) is 10.9 Å². The number of aromatic nitrogens is 1. The molecule has 0 saturated heterocycles. The molecule has 22 heavy (non-hydrogen) atoms. The highest BCUT2D eigenvalue weighted by Gasteiger charge is 2.20. The van der Waals surface area contributed by atoms with Crippen molar-refractivity contribution in [3.05, 3.63) is 47.4 Å². The van der Waals surface area contributed by atoms with E-state index < -0.39 is 0 Å². The van der Waals surface area contributed by atoms with Gasteiger partial charge in [0.2, 0.25) is 5.91 Å². The van der Waals surface area contributed by atoms with Crippen molar-refractivity contribution in [1.29, 1.82) is 0 Å². The first kappa shape index (κ1) is 14.8. The lowest BCUT2D eigenvalue weighted by Crippen LogP contribution is -2.29. The van der Waals surface area contributed by atoms with Crippen molar-refractivity contribution >= 4 is 32.6 Å². The molecule has 3 rings (SSSR count). The number of benzene rings is 1. The second-order valence-corrected chi connectivity index (χ2v) is 6.27. The summed E-state index contributed by atoms with van der Waals surface area (Å²) >= 11 is 1.55.